The number of amides is 3. The Morgan fingerprint density at radius 2 is 2.40 bits per heavy atom. The number of urea groups is 1. The second kappa shape index (κ2) is 6.65. The minimum atomic E-state index is -0.461. The summed E-state index contributed by atoms with van der Waals surface area (Å²) in [5.74, 6) is 0.297. The first-order chi connectivity index (χ1) is 9.59. The number of thioether (sulfide) groups is 1. The van der Waals surface area contributed by atoms with Gasteiger partial charge in [0.2, 0.25) is 5.91 Å². The largest absolute Gasteiger partial charge is 0.368 e. The Kier molecular flexibility index (Phi) is 4.89. The molecule has 1 aromatic heterocycles. The number of primary amides is 1. The van der Waals surface area contributed by atoms with Crippen molar-refractivity contribution in [2.45, 2.75) is 24.0 Å². The average molecular weight is 297 g/mol. The molecule has 20 heavy (non-hydrogen) atoms. The number of nitrogens with two attached hydrogens (primary N) is 1. The van der Waals surface area contributed by atoms with Crippen molar-refractivity contribution in [3.8, 4) is 0 Å². The first-order valence-corrected chi connectivity index (χ1v) is 7.52. The van der Waals surface area contributed by atoms with E-state index < -0.39 is 11.9 Å². The van der Waals surface area contributed by atoms with E-state index in [1.54, 1.807) is 18.0 Å². The predicted molar refractivity (Wildman–Crippen MR) is 76.3 cm³/mol. The van der Waals surface area contributed by atoms with E-state index in [9.17, 15) is 9.59 Å². The van der Waals surface area contributed by atoms with Crippen LogP contribution in [0.4, 0.5) is 4.79 Å². The van der Waals surface area contributed by atoms with Crippen LogP contribution in [0.5, 0.6) is 0 Å². The molecule has 1 atom stereocenters. The summed E-state index contributed by atoms with van der Waals surface area (Å²) in [7, 11) is 1.93. The smallest absolute Gasteiger partial charge is 0.318 e. The lowest BCUT2D eigenvalue weighted by molar-refractivity contribution is -0.121. The molecule has 7 nitrogen and oxygen atoms in total. The molecule has 110 valence electrons. The Labute approximate surface area is 121 Å². The van der Waals surface area contributed by atoms with Crippen LogP contribution < -0.4 is 11.1 Å². The fourth-order valence-corrected chi connectivity index (χ4v) is 2.99. The molecule has 0 bridgehead atoms. The second-order valence-electron chi connectivity index (χ2n) is 4.65. The molecule has 0 saturated carbocycles. The maximum atomic E-state index is 12.0. The summed E-state index contributed by atoms with van der Waals surface area (Å²) in [6, 6.07) is -0.677. The Hall–Kier alpha value is -1.70. The molecule has 3 amide bonds. The standard InChI is InChI=1S/C12H19N5O2S/c1-16-7-4-15-12(16)20-8-5-14-11(19)17-6-2-3-9(17)10(13)18/h4,7,9H,2-3,5-6,8H2,1H3,(H2,13,18)(H,14,19)/t9-/m0/s1. The Morgan fingerprint density at radius 1 is 1.60 bits per heavy atom. The van der Waals surface area contributed by atoms with Crippen molar-refractivity contribution in [1.82, 2.24) is 19.8 Å². The van der Waals surface area contributed by atoms with Gasteiger partial charge < -0.3 is 20.5 Å². The fraction of sp³-hybridized carbons (Fsp3) is 0.583. The van der Waals surface area contributed by atoms with Gasteiger partial charge in [0, 0.05) is 38.3 Å². The van der Waals surface area contributed by atoms with Crippen LogP contribution in [0.25, 0.3) is 0 Å². The highest BCUT2D eigenvalue weighted by molar-refractivity contribution is 7.99. The molecular weight excluding hydrogens is 278 g/mol. The molecule has 1 aliphatic heterocycles. The number of aromatic nitrogens is 2. The third-order valence-corrected chi connectivity index (χ3v) is 4.29. The van der Waals surface area contributed by atoms with Gasteiger partial charge in [-0.15, -0.1) is 0 Å². The molecule has 0 aromatic carbocycles. The molecule has 1 aliphatic rings. The van der Waals surface area contributed by atoms with Gasteiger partial charge in [-0.1, -0.05) is 11.8 Å². The molecule has 1 aromatic rings. The maximum Gasteiger partial charge on any atom is 0.318 e. The molecule has 0 spiro atoms. The SMILES string of the molecule is Cn1ccnc1SCCNC(=O)N1CCC[C@H]1C(N)=O. The number of carbonyl (C=O) groups is 2. The zero-order valence-corrected chi connectivity index (χ0v) is 12.2. The van der Waals surface area contributed by atoms with Crippen LogP contribution in [0.15, 0.2) is 17.6 Å². The van der Waals surface area contributed by atoms with Crippen LogP contribution in [0.3, 0.4) is 0 Å². The highest BCUT2D eigenvalue weighted by Crippen LogP contribution is 2.17. The van der Waals surface area contributed by atoms with Crippen molar-refractivity contribution < 1.29 is 9.59 Å². The van der Waals surface area contributed by atoms with Crippen LogP contribution in [-0.2, 0) is 11.8 Å². The summed E-state index contributed by atoms with van der Waals surface area (Å²) in [5.41, 5.74) is 5.29. The number of nitrogens with zero attached hydrogens (tertiary/aromatic N) is 3. The number of rotatable bonds is 5. The minimum absolute atomic E-state index is 0.216. The number of likely N-dealkylation sites (tertiary alicyclic amines) is 1. The van der Waals surface area contributed by atoms with Crippen molar-refractivity contribution in [1.29, 1.82) is 0 Å². The number of carbonyl (C=O) groups excluding carboxylic acids is 2. The van der Waals surface area contributed by atoms with Crippen molar-refractivity contribution in [2.24, 2.45) is 12.8 Å². The molecule has 1 fully saturated rings. The Balaban J connectivity index is 1.72. The molecule has 1 saturated heterocycles. The average Bonchev–Trinajstić information content (AvgIpc) is 3.03. The van der Waals surface area contributed by atoms with E-state index in [2.05, 4.69) is 10.3 Å². The van der Waals surface area contributed by atoms with Gasteiger partial charge >= 0.3 is 6.03 Å². The Bertz CT molecular complexity index is 490. The van der Waals surface area contributed by atoms with Gasteiger partial charge in [0.15, 0.2) is 5.16 Å². The lowest BCUT2D eigenvalue weighted by Crippen LogP contribution is -2.48. The molecule has 2 rings (SSSR count). The highest BCUT2D eigenvalue weighted by Gasteiger charge is 2.32. The normalized spacial score (nSPS) is 18.2. The van der Waals surface area contributed by atoms with Crippen molar-refractivity contribution in [3.63, 3.8) is 0 Å². The third-order valence-electron chi connectivity index (χ3n) is 3.23. The van der Waals surface area contributed by atoms with E-state index in [4.69, 9.17) is 5.73 Å². The molecule has 2 heterocycles. The summed E-state index contributed by atoms with van der Waals surface area (Å²) in [4.78, 5) is 28.9. The first kappa shape index (κ1) is 14.7. The van der Waals surface area contributed by atoms with Gasteiger partial charge in [0.1, 0.15) is 6.04 Å². The second-order valence-corrected chi connectivity index (χ2v) is 5.72. The number of imidazole rings is 1. The molecular formula is C12H19N5O2S. The van der Waals surface area contributed by atoms with E-state index in [0.717, 1.165) is 17.3 Å². The third kappa shape index (κ3) is 3.44. The van der Waals surface area contributed by atoms with Crippen molar-refractivity contribution in [2.75, 3.05) is 18.8 Å². The predicted octanol–water partition coefficient (Wildman–Crippen LogP) is 0.171. The summed E-state index contributed by atoms with van der Waals surface area (Å²) in [5, 5.41) is 3.73. The van der Waals surface area contributed by atoms with E-state index >= 15 is 0 Å². The van der Waals surface area contributed by atoms with E-state index in [1.807, 2.05) is 17.8 Å². The van der Waals surface area contributed by atoms with Crippen LogP contribution in [0, 0.1) is 0 Å². The first-order valence-electron chi connectivity index (χ1n) is 6.53. The maximum absolute atomic E-state index is 12.0. The summed E-state index contributed by atoms with van der Waals surface area (Å²) in [6.07, 6.45) is 5.10. The van der Waals surface area contributed by atoms with Gasteiger partial charge in [-0.25, -0.2) is 9.78 Å². The molecule has 0 unspecified atom stereocenters. The Morgan fingerprint density at radius 3 is 3.05 bits per heavy atom. The molecule has 0 aliphatic carbocycles. The van der Waals surface area contributed by atoms with Gasteiger partial charge in [-0.3, -0.25) is 4.79 Å². The van der Waals surface area contributed by atoms with Crippen LogP contribution in [0.1, 0.15) is 12.8 Å². The zero-order chi connectivity index (χ0) is 14.5. The van der Waals surface area contributed by atoms with E-state index in [-0.39, 0.29) is 6.03 Å². The summed E-state index contributed by atoms with van der Waals surface area (Å²) >= 11 is 1.57. The van der Waals surface area contributed by atoms with Gasteiger partial charge in [-0.05, 0) is 12.8 Å². The van der Waals surface area contributed by atoms with Crippen LogP contribution in [-0.4, -0.2) is 51.3 Å². The topological polar surface area (TPSA) is 93.2 Å². The van der Waals surface area contributed by atoms with E-state index in [0.29, 0.717) is 19.5 Å². The van der Waals surface area contributed by atoms with Crippen molar-refractivity contribution >= 4 is 23.7 Å². The highest BCUT2D eigenvalue weighted by atomic mass is 32.2. The van der Waals surface area contributed by atoms with Gasteiger partial charge in [0.25, 0.3) is 0 Å². The number of nitrogens with one attached hydrogen (secondary N) is 1. The number of hydrogen-bond acceptors (Lipinski definition) is 4. The number of aryl methyl sites for hydroxylation is 1. The zero-order valence-electron chi connectivity index (χ0n) is 11.4. The van der Waals surface area contributed by atoms with Crippen molar-refractivity contribution in [3.05, 3.63) is 12.4 Å². The van der Waals surface area contributed by atoms with Gasteiger partial charge in [0.05, 0.1) is 0 Å². The number of hydrogen-bond donors (Lipinski definition) is 2. The van der Waals surface area contributed by atoms with Crippen LogP contribution in [0.2, 0.25) is 0 Å². The fourth-order valence-electron chi connectivity index (χ4n) is 2.20. The summed E-state index contributed by atoms with van der Waals surface area (Å²) < 4.78 is 1.93. The van der Waals surface area contributed by atoms with Crippen LogP contribution >= 0.6 is 11.8 Å². The quantitative estimate of drug-likeness (QED) is 0.598. The summed E-state index contributed by atoms with van der Waals surface area (Å²) in [6.45, 7) is 1.12. The van der Waals surface area contributed by atoms with E-state index in [1.165, 1.54) is 4.90 Å². The monoisotopic (exact) mass is 297 g/mol. The minimum Gasteiger partial charge on any atom is -0.368 e. The molecule has 3 N–H and O–H groups in total. The molecule has 8 heteroatoms. The lowest BCUT2D eigenvalue weighted by Gasteiger charge is -2.22. The lowest BCUT2D eigenvalue weighted by atomic mass is 10.2. The van der Waals surface area contributed by atoms with Gasteiger partial charge in [-0.2, -0.15) is 0 Å². The molecule has 0 radical (unpaired) electrons.